The van der Waals surface area contributed by atoms with Crippen molar-refractivity contribution in [3.63, 3.8) is 0 Å². The molecule has 2 aromatic rings. The smallest absolute Gasteiger partial charge is 0.202 e. The van der Waals surface area contributed by atoms with Gasteiger partial charge in [-0.1, -0.05) is 12.1 Å². The minimum absolute atomic E-state index is 0.351. The first-order chi connectivity index (χ1) is 10.3. The first kappa shape index (κ1) is 12.1. The summed E-state index contributed by atoms with van der Waals surface area (Å²) in [7, 11) is 0. The largest absolute Gasteiger partial charge is 0.298 e. The summed E-state index contributed by atoms with van der Waals surface area (Å²) in [6, 6.07) is 8.64. The average molecular weight is 299 g/mol. The van der Waals surface area contributed by atoms with Crippen molar-refractivity contribution in [3.8, 4) is 0 Å². The Morgan fingerprint density at radius 3 is 3.00 bits per heavy atom. The quantitative estimate of drug-likeness (QED) is 0.879. The van der Waals surface area contributed by atoms with Crippen LogP contribution in [0, 0.1) is 5.92 Å². The van der Waals surface area contributed by atoms with Crippen molar-refractivity contribution in [1.29, 1.82) is 0 Å². The minimum atomic E-state index is -0.351. The molecule has 5 heteroatoms. The van der Waals surface area contributed by atoms with E-state index in [9.17, 15) is 0 Å². The number of rotatable bonds is 1. The van der Waals surface area contributed by atoms with Gasteiger partial charge in [-0.05, 0) is 48.8 Å². The first-order valence-electron chi connectivity index (χ1n) is 7.56. The third-order valence-corrected chi connectivity index (χ3v) is 5.91. The van der Waals surface area contributed by atoms with E-state index in [0.717, 1.165) is 17.9 Å². The first-order valence-corrected chi connectivity index (χ1v) is 8.44. The van der Waals surface area contributed by atoms with Gasteiger partial charge >= 0.3 is 0 Å². The molecule has 2 bridgehead atoms. The maximum atomic E-state index is 5.98. The van der Waals surface area contributed by atoms with Gasteiger partial charge in [-0.25, -0.2) is 15.3 Å². The van der Waals surface area contributed by atoms with Crippen molar-refractivity contribution in [2.75, 3.05) is 19.6 Å². The highest BCUT2D eigenvalue weighted by molar-refractivity contribution is 7.17. The third-order valence-electron chi connectivity index (χ3n) is 5.03. The summed E-state index contributed by atoms with van der Waals surface area (Å²) in [6.45, 7) is 3.32. The Morgan fingerprint density at radius 2 is 2.19 bits per heavy atom. The highest BCUT2D eigenvalue weighted by atomic mass is 32.1. The number of nitrogens with one attached hydrogen (secondary N) is 1. The van der Waals surface area contributed by atoms with Crippen LogP contribution >= 0.6 is 11.3 Å². The van der Waals surface area contributed by atoms with E-state index < -0.39 is 0 Å². The van der Waals surface area contributed by atoms with Crippen molar-refractivity contribution in [2.45, 2.75) is 18.6 Å². The molecule has 1 N–H and O–H groups in total. The maximum Gasteiger partial charge on any atom is 0.202 e. The molecule has 21 heavy (non-hydrogen) atoms. The summed E-state index contributed by atoms with van der Waals surface area (Å²) < 4.78 is 1.30. The van der Waals surface area contributed by atoms with E-state index in [1.165, 1.54) is 36.0 Å². The fourth-order valence-electron chi connectivity index (χ4n) is 3.83. The van der Waals surface area contributed by atoms with Gasteiger partial charge in [0.15, 0.2) is 5.84 Å². The second-order valence-corrected chi connectivity index (χ2v) is 7.18. The zero-order chi connectivity index (χ0) is 13.9. The highest BCUT2D eigenvalue weighted by Crippen LogP contribution is 2.41. The van der Waals surface area contributed by atoms with Crippen LogP contribution in [0.2, 0.25) is 0 Å². The Bertz CT molecular complexity index is 732. The zero-order valence-electron chi connectivity index (χ0n) is 11.7. The van der Waals surface area contributed by atoms with Gasteiger partial charge in [-0.3, -0.25) is 4.90 Å². The van der Waals surface area contributed by atoms with Crippen molar-refractivity contribution in [2.24, 2.45) is 10.9 Å². The van der Waals surface area contributed by atoms with Gasteiger partial charge in [0, 0.05) is 16.2 Å². The van der Waals surface area contributed by atoms with E-state index in [0.29, 0.717) is 5.92 Å². The second-order valence-electron chi connectivity index (χ2n) is 6.23. The number of nitrogens with zero attached hydrogens (tertiary/aromatic N) is 2. The molecule has 0 aliphatic carbocycles. The van der Waals surface area contributed by atoms with E-state index in [2.05, 4.69) is 40.0 Å². The standard InChI is InChI=1S/C16H17N3OS/c1-2-12(9-14-11(1)5-8-21-14)15-17-16(20-18-15)10-19-6-3-13(16)4-7-19/h1-2,5,8-9,13H,3-4,6-7,10H2,(H,17,18)/t16-/m0/s1. The van der Waals surface area contributed by atoms with Gasteiger partial charge in [-0.2, -0.15) is 0 Å². The van der Waals surface area contributed by atoms with Crippen LogP contribution in [0.15, 0.2) is 34.6 Å². The lowest BCUT2D eigenvalue weighted by atomic mass is 9.81. The van der Waals surface area contributed by atoms with E-state index in [-0.39, 0.29) is 5.72 Å². The van der Waals surface area contributed by atoms with Crippen molar-refractivity contribution >= 4 is 27.3 Å². The summed E-state index contributed by atoms with van der Waals surface area (Å²) in [5, 5.41) is 3.42. The van der Waals surface area contributed by atoms with Crippen molar-refractivity contribution < 1.29 is 4.84 Å². The van der Waals surface area contributed by atoms with Crippen LogP contribution in [0.4, 0.5) is 0 Å². The van der Waals surface area contributed by atoms with Gasteiger partial charge in [0.1, 0.15) is 0 Å². The molecule has 1 aromatic carbocycles. The highest BCUT2D eigenvalue weighted by Gasteiger charge is 2.51. The van der Waals surface area contributed by atoms with Crippen LogP contribution in [0.5, 0.6) is 0 Å². The molecule has 108 valence electrons. The molecule has 1 aromatic heterocycles. The van der Waals surface area contributed by atoms with Crippen LogP contribution in [-0.4, -0.2) is 36.1 Å². The number of benzene rings is 1. The lowest BCUT2D eigenvalue weighted by Gasteiger charge is -2.47. The van der Waals surface area contributed by atoms with Crippen molar-refractivity contribution in [1.82, 2.24) is 10.4 Å². The maximum absolute atomic E-state index is 5.98. The number of hydroxylamine groups is 1. The molecule has 0 amide bonds. The predicted octanol–water partition coefficient (Wildman–Crippen LogP) is 2.60. The number of hydrogen-bond acceptors (Lipinski definition) is 5. The summed E-state index contributed by atoms with van der Waals surface area (Å²) in [5.41, 5.74) is 3.88. The molecule has 5 heterocycles. The number of thiophene rings is 1. The molecule has 3 saturated heterocycles. The van der Waals surface area contributed by atoms with E-state index in [4.69, 9.17) is 9.83 Å². The third kappa shape index (κ3) is 1.78. The number of amidine groups is 1. The fourth-order valence-corrected chi connectivity index (χ4v) is 4.66. The average Bonchev–Trinajstić information content (AvgIpc) is 3.15. The van der Waals surface area contributed by atoms with E-state index >= 15 is 0 Å². The molecule has 0 saturated carbocycles. The van der Waals surface area contributed by atoms with Gasteiger partial charge in [0.2, 0.25) is 5.72 Å². The van der Waals surface area contributed by atoms with Crippen LogP contribution < -0.4 is 5.48 Å². The van der Waals surface area contributed by atoms with Crippen LogP contribution in [0.25, 0.3) is 10.1 Å². The molecule has 4 nitrogen and oxygen atoms in total. The molecular formula is C16H17N3OS. The Morgan fingerprint density at radius 1 is 1.29 bits per heavy atom. The molecular weight excluding hydrogens is 282 g/mol. The van der Waals surface area contributed by atoms with Gasteiger partial charge in [-0.15, -0.1) is 11.3 Å². The molecule has 1 atom stereocenters. The van der Waals surface area contributed by atoms with E-state index in [1.54, 1.807) is 11.3 Å². The number of fused-ring (bicyclic) bond motifs is 3. The van der Waals surface area contributed by atoms with Gasteiger partial charge in [0.05, 0.1) is 6.54 Å². The van der Waals surface area contributed by atoms with Crippen LogP contribution in [0.3, 0.4) is 0 Å². The zero-order valence-corrected chi connectivity index (χ0v) is 12.5. The van der Waals surface area contributed by atoms with Gasteiger partial charge in [0.25, 0.3) is 0 Å². The minimum Gasteiger partial charge on any atom is -0.298 e. The SMILES string of the molecule is c1cc2ccc(C3=N[C@@]4(CN5CCC4CC5)ON3)cc2s1. The van der Waals surface area contributed by atoms with Gasteiger partial charge < -0.3 is 0 Å². The van der Waals surface area contributed by atoms with Crippen LogP contribution in [0.1, 0.15) is 18.4 Å². The Labute approximate surface area is 127 Å². The summed E-state index contributed by atoms with van der Waals surface area (Å²) in [5.74, 6) is 1.44. The van der Waals surface area contributed by atoms with Crippen LogP contribution in [-0.2, 0) is 4.84 Å². The van der Waals surface area contributed by atoms with Crippen molar-refractivity contribution in [3.05, 3.63) is 35.2 Å². The summed E-state index contributed by atoms with van der Waals surface area (Å²) in [6.07, 6.45) is 2.39. The molecule has 6 rings (SSSR count). The summed E-state index contributed by atoms with van der Waals surface area (Å²) >= 11 is 1.77. The lowest BCUT2D eigenvalue weighted by Crippen LogP contribution is -2.58. The molecule has 1 spiro atoms. The Kier molecular flexibility index (Phi) is 2.48. The predicted molar refractivity (Wildman–Crippen MR) is 84.5 cm³/mol. The summed E-state index contributed by atoms with van der Waals surface area (Å²) in [4.78, 5) is 13.4. The van der Waals surface area contributed by atoms with E-state index in [1.807, 2.05) is 0 Å². The Hall–Kier alpha value is -1.43. The molecule has 0 unspecified atom stereocenters. The topological polar surface area (TPSA) is 36.9 Å². The lowest BCUT2D eigenvalue weighted by molar-refractivity contribution is -0.155. The second kappa shape index (κ2) is 4.29. The molecule has 3 fully saturated rings. The Balaban J connectivity index is 1.53. The fraction of sp³-hybridized carbons (Fsp3) is 0.438. The monoisotopic (exact) mass is 299 g/mol. The molecule has 4 aliphatic heterocycles. The number of aliphatic imine (C=N–C) groups is 1. The number of hydrogen-bond donors (Lipinski definition) is 1. The molecule has 0 radical (unpaired) electrons. The number of piperidine rings is 3. The normalized spacial score (nSPS) is 34.4. The molecule has 4 aliphatic rings.